The quantitative estimate of drug-likeness (QED) is 0.584. The molecule has 0 fully saturated rings. The molecule has 0 amide bonds. The fourth-order valence-electron chi connectivity index (χ4n) is 1.97. The van der Waals surface area contributed by atoms with Crippen LogP contribution in [0.5, 0.6) is 0 Å². The largest absolute Gasteiger partial charge is 0.480 e. The lowest BCUT2D eigenvalue weighted by atomic mass is 9.95. The second-order valence-electron chi connectivity index (χ2n) is 4.70. The average molecular weight is 260 g/mol. The third-order valence-corrected chi connectivity index (χ3v) is 3.25. The van der Waals surface area contributed by atoms with Gasteiger partial charge in [0, 0.05) is 13.7 Å². The third kappa shape index (κ3) is 6.33. The van der Waals surface area contributed by atoms with Crippen molar-refractivity contribution in [1.82, 2.24) is 10.2 Å². The maximum Gasteiger partial charge on any atom is 0.323 e. The molecule has 0 bridgehead atoms. The highest BCUT2D eigenvalue weighted by molar-refractivity contribution is 5.78. The third-order valence-electron chi connectivity index (χ3n) is 3.25. The van der Waals surface area contributed by atoms with Crippen molar-refractivity contribution in [2.45, 2.75) is 39.2 Å². The Morgan fingerprint density at radius 3 is 2.50 bits per heavy atom. The fraction of sp³-hybridized carbons (Fsp3) is 0.923. The molecular weight excluding hydrogens is 232 g/mol. The first-order valence-electron chi connectivity index (χ1n) is 6.69. The molecule has 0 rings (SSSR count). The summed E-state index contributed by atoms with van der Waals surface area (Å²) in [6, 6.07) is 0. The zero-order chi connectivity index (χ0) is 14.0. The molecule has 0 aromatic carbocycles. The number of hydrogen-bond donors (Lipinski definition) is 2. The predicted octanol–water partition coefficient (Wildman–Crippen LogP) is 1.19. The Morgan fingerprint density at radius 1 is 1.39 bits per heavy atom. The molecule has 108 valence electrons. The van der Waals surface area contributed by atoms with Gasteiger partial charge in [0.25, 0.3) is 0 Å². The Kier molecular flexibility index (Phi) is 8.97. The molecule has 0 aliphatic carbocycles. The number of nitrogens with zero attached hydrogens (tertiary/aromatic N) is 1. The molecule has 1 unspecified atom stereocenters. The summed E-state index contributed by atoms with van der Waals surface area (Å²) in [6.07, 6.45) is 1.51. The van der Waals surface area contributed by atoms with Crippen molar-refractivity contribution in [2.24, 2.45) is 0 Å². The minimum atomic E-state index is -0.810. The van der Waals surface area contributed by atoms with Gasteiger partial charge in [-0.25, -0.2) is 0 Å². The Bertz CT molecular complexity index is 236. The van der Waals surface area contributed by atoms with E-state index < -0.39 is 11.5 Å². The number of likely N-dealkylation sites (N-methyl/N-ethyl adjacent to an activating group) is 2. The standard InChI is InChI=1S/C13H28N2O3/c1-5-14-13(3,12(16)17)8-7-9-15(6-2)10-11-18-4/h14H,5-11H2,1-4H3,(H,16,17). The van der Waals surface area contributed by atoms with Gasteiger partial charge in [-0.3, -0.25) is 4.79 Å². The highest BCUT2D eigenvalue weighted by atomic mass is 16.5. The molecule has 0 aliphatic rings. The molecule has 0 radical (unpaired) electrons. The zero-order valence-electron chi connectivity index (χ0n) is 12.2. The summed E-state index contributed by atoms with van der Waals surface area (Å²) in [6.45, 7) is 9.96. The maximum absolute atomic E-state index is 11.2. The van der Waals surface area contributed by atoms with Gasteiger partial charge in [0.05, 0.1) is 6.61 Å². The van der Waals surface area contributed by atoms with E-state index in [1.807, 2.05) is 6.92 Å². The van der Waals surface area contributed by atoms with Gasteiger partial charge in [-0.2, -0.15) is 0 Å². The first kappa shape index (κ1) is 17.4. The van der Waals surface area contributed by atoms with Crippen molar-refractivity contribution in [1.29, 1.82) is 0 Å². The van der Waals surface area contributed by atoms with Crippen LogP contribution in [0.3, 0.4) is 0 Å². The summed E-state index contributed by atoms with van der Waals surface area (Å²) < 4.78 is 5.05. The van der Waals surface area contributed by atoms with Crippen molar-refractivity contribution in [2.75, 3.05) is 39.9 Å². The molecule has 0 saturated carbocycles. The summed E-state index contributed by atoms with van der Waals surface area (Å²) in [5, 5.41) is 12.3. The van der Waals surface area contributed by atoms with E-state index in [-0.39, 0.29) is 0 Å². The molecule has 0 heterocycles. The lowest BCUT2D eigenvalue weighted by molar-refractivity contribution is -0.144. The lowest BCUT2D eigenvalue weighted by Gasteiger charge is -2.27. The van der Waals surface area contributed by atoms with Crippen LogP contribution >= 0.6 is 0 Å². The second-order valence-corrected chi connectivity index (χ2v) is 4.70. The number of carboxylic acids is 1. The smallest absolute Gasteiger partial charge is 0.323 e. The number of hydrogen-bond acceptors (Lipinski definition) is 4. The molecule has 18 heavy (non-hydrogen) atoms. The normalized spacial score (nSPS) is 14.7. The van der Waals surface area contributed by atoms with Crippen molar-refractivity contribution in [3.8, 4) is 0 Å². The fourth-order valence-corrected chi connectivity index (χ4v) is 1.97. The number of carbonyl (C=O) groups is 1. The average Bonchev–Trinajstić information content (AvgIpc) is 2.33. The van der Waals surface area contributed by atoms with Crippen LogP contribution in [-0.4, -0.2) is 61.4 Å². The molecule has 5 heteroatoms. The molecule has 5 nitrogen and oxygen atoms in total. The van der Waals surface area contributed by atoms with Gasteiger partial charge < -0.3 is 20.1 Å². The van der Waals surface area contributed by atoms with Gasteiger partial charge in [0.1, 0.15) is 5.54 Å². The van der Waals surface area contributed by atoms with E-state index in [9.17, 15) is 9.90 Å². The highest BCUT2D eigenvalue weighted by Crippen LogP contribution is 2.13. The number of aliphatic carboxylic acids is 1. The SMILES string of the molecule is CCNC(C)(CCCN(CC)CCOC)C(=O)O. The zero-order valence-corrected chi connectivity index (χ0v) is 12.2. The molecule has 2 N–H and O–H groups in total. The van der Waals surface area contributed by atoms with Crippen molar-refractivity contribution in [3.05, 3.63) is 0 Å². The summed E-state index contributed by atoms with van der Waals surface area (Å²) in [7, 11) is 1.69. The van der Waals surface area contributed by atoms with Crippen LogP contribution in [0.25, 0.3) is 0 Å². The van der Waals surface area contributed by atoms with Crippen LogP contribution in [0.4, 0.5) is 0 Å². The molecule has 0 aliphatic heterocycles. The topological polar surface area (TPSA) is 61.8 Å². The molecule has 0 aromatic heterocycles. The van der Waals surface area contributed by atoms with E-state index >= 15 is 0 Å². The Morgan fingerprint density at radius 2 is 2.06 bits per heavy atom. The first-order valence-corrected chi connectivity index (χ1v) is 6.69. The Labute approximate surface area is 110 Å². The minimum Gasteiger partial charge on any atom is -0.480 e. The van der Waals surface area contributed by atoms with Crippen LogP contribution in [0, 0.1) is 0 Å². The van der Waals surface area contributed by atoms with Crippen LogP contribution in [0.2, 0.25) is 0 Å². The second kappa shape index (κ2) is 9.30. The molecule has 0 spiro atoms. The molecular formula is C13H28N2O3. The van der Waals surface area contributed by atoms with Gasteiger partial charge in [0.15, 0.2) is 0 Å². The van der Waals surface area contributed by atoms with Gasteiger partial charge >= 0.3 is 5.97 Å². The number of methoxy groups -OCH3 is 1. The van der Waals surface area contributed by atoms with Crippen LogP contribution in [-0.2, 0) is 9.53 Å². The molecule has 0 saturated heterocycles. The van der Waals surface area contributed by atoms with E-state index in [0.717, 1.165) is 32.7 Å². The van der Waals surface area contributed by atoms with Gasteiger partial charge in [0.2, 0.25) is 0 Å². The summed E-state index contributed by atoms with van der Waals surface area (Å²) in [5.74, 6) is -0.774. The van der Waals surface area contributed by atoms with E-state index in [1.165, 1.54) is 0 Å². The van der Waals surface area contributed by atoms with E-state index in [1.54, 1.807) is 14.0 Å². The predicted molar refractivity (Wildman–Crippen MR) is 72.9 cm³/mol. The van der Waals surface area contributed by atoms with Crippen molar-refractivity contribution in [3.63, 3.8) is 0 Å². The summed E-state index contributed by atoms with van der Waals surface area (Å²) in [4.78, 5) is 13.5. The van der Waals surface area contributed by atoms with Gasteiger partial charge in [-0.05, 0) is 39.4 Å². The monoisotopic (exact) mass is 260 g/mol. The van der Waals surface area contributed by atoms with Crippen molar-refractivity contribution < 1.29 is 14.6 Å². The minimum absolute atomic E-state index is 0.639. The summed E-state index contributed by atoms with van der Waals surface area (Å²) in [5.41, 5.74) is -0.810. The number of nitrogens with one attached hydrogen (secondary N) is 1. The lowest BCUT2D eigenvalue weighted by Crippen LogP contribution is -2.49. The maximum atomic E-state index is 11.2. The van der Waals surface area contributed by atoms with E-state index in [4.69, 9.17) is 4.74 Å². The van der Waals surface area contributed by atoms with Crippen molar-refractivity contribution >= 4 is 5.97 Å². The van der Waals surface area contributed by atoms with Crippen LogP contribution in [0.1, 0.15) is 33.6 Å². The number of ether oxygens (including phenoxy) is 1. The van der Waals surface area contributed by atoms with E-state index in [2.05, 4.69) is 17.1 Å². The molecule has 0 aromatic rings. The highest BCUT2D eigenvalue weighted by Gasteiger charge is 2.31. The number of rotatable bonds is 11. The Balaban J connectivity index is 4.08. The van der Waals surface area contributed by atoms with Gasteiger partial charge in [-0.1, -0.05) is 13.8 Å². The van der Waals surface area contributed by atoms with Gasteiger partial charge in [-0.15, -0.1) is 0 Å². The van der Waals surface area contributed by atoms with E-state index in [0.29, 0.717) is 13.0 Å². The Hall–Kier alpha value is -0.650. The van der Waals surface area contributed by atoms with Crippen LogP contribution in [0.15, 0.2) is 0 Å². The first-order chi connectivity index (χ1) is 8.50. The molecule has 1 atom stereocenters. The summed E-state index contributed by atoms with van der Waals surface area (Å²) >= 11 is 0. The number of carboxylic acid groups (broad SMARTS) is 1. The van der Waals surface area contributed by atoms with Crippen LogP contribution < -0.4 is 5.32 Å².